The Balaban J connectivity index is 1.59. The number of nitrogens with zero attached hydrogens (tertiary/aromatic N) is 1. The molecule has 0 radical (unpaired) electrons. The molecule has 1 atom stereocenters. The van der Waals surface area contributed by atoms with Crippen molar-refractivity contribution in [3.63, 3.8) is 0 Å². The summed E-state index contributed by atoms with van der Waals surface area (Å²) in [4.78, 5) is 2.59. The Hall–Kier alpha value is -0.160. The number of ether oxygens (including phenoxy) is 2. The van der Waals surface area contributed by atoms with Crippen LogP contribution in [0.5, 0.6) is 0 Å². The van der Waals surface area contributed by atoms with Gasteiger partial charge in [-0.3, -0.25) is 4.90 Å². The smallest absolute Gasteiger partial charge is 0.0753 e. The van der Waals surface area contributed by atoms with E-state index < -0.39 is 0 Å². The molecule has 3 rings (SSSR count). The van der Waals surface area contributed by atoms with Gasteiger partial charge in [-0.1, -0.05) is 0 Å². The zero-order chi connectivity index (χ0) is 14.1. The molecule has 0 spiro atoms. The molecule has 3 fully saturated rings. The van der Waals surface area contributed by atoms with Gasteiger partial charge >= 0.3 is 0 Å². The molecule has 2 aliphatic heterocycles. The third-order valence-corrected chi connectivity index (χ3v) is 4.81. The normalized spacial score (nSPS) is 35.1. The fourth-order valence-electron chi connectivity index (χ4n) is 3.60. The molecular weight excluding hydrogens is 252 g/mol. The van der Waals surface area contributed by atoms with Crippen molar-refractivity contribution >= 4 is 0 Å². The summed E-state index contributed by atoms with van der Waals surface area (Å²) in [7, 11) is 0. The van der Waals surface area contributed by atoms with Gasteiger partial charge in [0.1, 0.15) is 0 Å². The lowest BCUT2D eigenvalue weighted by Gasteiger charge is -2.45. The SMILES string of the molecule is CC1(C)CN(CC2(CNC3CC3)CCCOC2)CCO1. The first-order valence-electron chi connectivity index (χ1n) is 8.25. The van der Waals surface area contributed by atoms with E-state index in [4.69, 9.17) is 9.47 Å². The van der Waals surface area contributed by atoms with E-state index in [0.29, 0.717) is 5.41 Å². The average Bonchev–Trinajstić information content (AvgIpc) is 3.20. The van der Waals surface area contributed by atoms with Crippen LogP contribution in [0.15, 0.2) is 0 Å². The molecule has 0 aromatic rings. The topological polar surface area (TPSA) is 33.7 Å². The van der Waals surface area contributed by atoms with Crippen molar-refractivity contribution in [2.24, 2.45) is 5.41 Å². The molecule has 2 heterocycles. The molecule has 1 aliphatic carbocycles. The second kappa shape index (κ2) is 5.91. The highest BCUT2D eigenvalue weighted by Crippen LogP contribution is 2.32. The minimum absolute atomic E-state index is 0.00111. The fraction of sp³-hybridized carbons (Fsp3) is 1.00. The van der Waals surface area contributed by atoms with Crippen molar-refractivity contribution in [2.45, 2.75) is 51.2 Å². The average molecular weight is 282 g/mol. The zero-order valence-corrected chi connectivity index (χ0v) is 13.1. The Morgan fingerprint density at radius 3 is 2.75 bits per heavy atom. The van der Waals surface area contributed by atoms with Crippen molar-refractivity contribution < 1.29 is 9.47 Å². The van der Waals surface area contributed by atoms with Gasteiger partial charge in [0, 0.05) is 44.2 Å². The molecule has 1 saturated carbocycles. The summed E-state index contributed by atoms with van der Waals surface area (Å²) in [6.07, 6.45) is 5.23. The predicted molar refractivity (Wildman–Crippen MR) is 80.0 cm³/mol. The van der Waals surface area contributed by atoms with Crippen molar-refractivity contribution in [1.82, 2.24) is 10.2 Å². The third kappa shape index (κ3) is 3.94. The molecule has 0 bridgehead atoms. The van der Waals surface area contributed by atoms with E-state index in [-0.39, 0.29) is 5.60 Å². The Morgan fingerprint density at radius 1 is 1.25 bits per heavy atom. The maximum Gasteiger partial charge on any atom is 0.0753 e. The molecule has 4 nitrogen and oxygen atoms in total. The molecule has 1 unspecified atom stereocenters. The van der Waals surface area contributed by atoms with Gasteiger partial charge in [0.15, 0.2) is 0 Å². The van der Waals surface area contributed by atoms with Crippen LogP contribution in [0.25, 0.3) is 0 Å². The van der Waals surface area contributed by atoms with Crippen molar-refractivity contribution in [1.29, 1.82) is 0 Å². The van der Waals surface area contributed by atoms with Crippen LogP contribution in [0.1, 0.15) is 39.5 Å². The summed E-state index contributed by atoms with van der Waals surface area (Å²) in [5.74, 6) is 0. The van der Waals surface area contributed by atoms with E-state index in [9.17, 15) is 0 Å². The zero-order valence-electron chi connectivity index (χ0n) is 13.1. The Morgan fingerprint density at radius 2 is 2.10 bits per heavy atom. The number of morpholine rings is 1. The molecule has 1 N–H and O–H groups in total. The Kier molecular flexibility index (Phi) is 4.37. The summed E-state index contributed by atoms with van der Waals surface area (Å²) in [6.45, 7) is 11.5. The molecule has 20 heavy (non-hydrogen) atoms. The lowest BCUT2D eigenvalue weighted by Crippen LogP contribution is -2.55. The molecule has 2 saturated heterocycles. The Bertz CT molecular complexity index is 322. The lowest BCUT2D eigenvalue weighted by molar-refractivity contribution is -0.106. The first kappa shape index (κ1) is 14.8. The van der Waals surface area contributed by atoms with Crippen molar-refractivity contribution in [3.05, 3.63) is 0 Å². The van der Waals surface area contributed by atoms with Gasteiger partial charge in [0.25, 0.3) is 0 Å². The van der Waals surface area contributed by atoms with Gasteiger partial charge in [0.2, 0.25) is 0 Å². The molecule has 0 aromatic heterocycles. The van der Waals surface area contributed by atoms with Crippen LogP contribution in [0.3, 0.4) is 0 Å². The van der Waals surface area contributed by atoms with Crippen LogP contribution in [0, 0.1) is 5.41 Å². The highest BCUT2D eigenvalue weighted by atomic mass is 16.5. The van der Waals surface area contributed by atoms with E-state index in [0.717, 1.165) is 52.0 Å². The first-order valence-corrected chi connectivity index (χ1v) is 8.25. The monoisotopic (exact) mass is 282 g/mol. The minimum Gasteiger partial charge on any atom is -0.381 e. The van der Waals surface area contributed by atoms with E-state index in [2.05, 4.69) is 24.1 Å². The van der Waals surface area contributed by atoms with Crippen LogP contribution in [0.4, 0.5) is 0 Å². The molecular formula is C16H30N2O2. The molecule has 3 aliphatic rings. The van der Waals surface area contributed by atoms with Gasteiger partial charge in [-0.25, -0.2) is 0 Å². The molecule has 0 aromatic carbocycles. The molecule has 0 amide bonds. The van der Waals surface area contributed by atoms with Gasteiger partial charge < -0.3 is 14.8 Å². The fourth-order valence-corrected chi connectivity index (χ4v) is 3.60. The van der Waals surface area contributed by atoms with E-state index in [1.165, 1.54) is 25.7 Å². The third-order valence-electron chi connectivity index (χ3n) is 4.81. The molecule has 116 valence electrons. The van der Waals surface area contributed by atoms with E-state index in [1.807, 2.05) is 0 Å². The van der Waals surface area contributed by atoms with Crippen molar-refractivity contribution in [2.75, 3.05) is 46.0 Å². The highest BCUT2D eigenvalue weighted by Gasteiger charge is 2.38. The van der Waals surface area contributed by atoms with E-state index >= 15 is 0 Å². The summed E-state index contributed by atoms with van der Waals surface area (Å²) >= 11 is 0. The van der Waals surface area contributed by atoms with Crippen molar-refractivity contribution in [3.8, 4) is 0 Å². The number of rotatable bonds is 5. The minimum atomic E-state index is -0.00111. The highest BCUT2D eigenvalue weighted by molar-refractivity contribution is 4.92. The predicted octanol–water partition coefficient (Wildman–Crippen LogP) is 1.65. The van der Waals surface area contributed by atoms with E-state index in [1.54, 1.807) is 0 Å². The second-order valence-corrected chi connectivity index (χ2v) is 7.63. The second-order valence-electron chi connectivity index (χ2n) is 7.63. The number of hydrogen-bond acceptors (Lipinski definition) is 4. The van der Waals surface area contributed by atoms with Gasteiger partial charge in [0.05, 0.1) is 18.8 Å². The summed E-state index contributed by atoms with van der Waals surface area (Å²) in [6, 6.07) is 0.787. The van der Waals surface area contributed by atoms with Gasteiger partial charge in [-0.2, -0.15) is 0 Å². The Labute approximate surface area is 123 Å². The van der Waals surface area contributed by atoms with Gasteiger partial charge in [-0.05, 0) is 39.5 Å². The number of nitrogens with one attached hydrogen (secondary N) is 1. The van der Waals surface area contributed by atoms with Crippen LogP contribution in [-0.2, 0) is 9.47 Å². The standard InChI is InChI=1S/C16H30N2O2/c1-15(2)11-18(7-9-20-15)12-16(6-3-8-19-13-16)10-17-14-4-5-14/h14,17H,3-13H2,1-2H3. The van der Waals surface area contributed by atoms with Crippen LogP contribution < -0.4 is 5.32 Å². The number of hydrogen-bond donors (Lipinski definition) is 1. The van der Waals surface area contributed by atoms with Crippen LogP contribution >= 0.6 is 0 Å². The maximum absolute atomic E-state index is 5.84. The lowest BCUT2D eigenvalue weighted by atomic mass is 9.81. The summed E-state index contributed by atoms with van der Waals surface area (Å²) in [5, 5.41) is 3.74. The summed E-state index contributed by atoms with van der Waals surface area (Å²) < 4.78 is 11.7. The maximum atomic E-state index is 5.84. The first-order chi connectivity index (χ1) is 9.57. The van der Waals surface area contributed by atoms with Gasteiger partial charge in [-0.15, -0.1) is 0 Å². The quantitative estimate of drug-likeness (QED) is 0.831. The summed E-state index contributed by atoms with van der Waals surface area (Å²) in [5.41, 5.74) is 0.313. The largest absolute Gasteiger partial charge is 0.381 e. The molecule has 4 heteroatoms. The van der Waals surface area contributed by atoms with Crippen LogP contribution in [-0.4, -0.2) is 62.5 Å². The van der Waals surface area contributed by atoms with Crippen LogP contribution in [0.2, 0.25) is 0 Å².